The van der Waals surface area contributed by atoms with Crippen molar-refractivity contribution < 1.29 is 14.4 Å². The molecule has 0 atom stereocenters. The molecule has 21 heavy (non-hydrogen) atoms. The smallest absolute Gasteiger partial charge is 0.352 e. The predicted molar refractivity (Wildman–Crippen MR) is 83.1 cm³/mol. The van der Waals surface area contributed by atoms with Crippen molar-refractivity contribution in [3.05, 3.63) is 57.1 Å². The van der Waals surface area contributed by atoms with Crippen molar-refractivity contribution in [2.24, 2.45) is 0 Å². The maximum atomic E-state index is 11.3. The lowest BCUT2D eigenvalue weighted by Crippen LogP contribution is -2.01. The van der Waals surface area contributed by atoms with Gasteiger partial charge in [-0.25, -0.2) is 0 Å². The van der Waals surface area contributed by atoms with Gasteiger partial charge in [-0.1, -0.05) is 25.1 Å². The minimum Gasteiger partial charge on any atom is -0.487 e. The van der Waals surface area contributed by atoms with E-state index in [1.54, 1.807) is 36.4 Å². The molecular weight excluding hydrogens is 338 g/mol. The number of hydrogen-bond acceptors (Lipinski definition) is 4. The molecule has 5 nitrogen and oxygen atoms in total. The number of nitrogens with zero attached hydrogens (tertiary/aromatic N) is 1. The van der Waals surface area contributed by atoms with Crippen LogP contribution in [0.25, 0.3) is 0 Å². The van der Waals surface area contributed by atoms with Crippen LogP contribution in [0.15, 0.2) is 46.9 Å². The van der Waals surface area contributed by atoms with Crippen molar-refractivity contribution in [1.29, 1.82) is 0 Å². The van der Waals surface area contributed by atoms with Gasteiger partial charge in [0.15, 0.2) is 0 Å². The number of nitro benzene ring substituents is 1. The molecule has 0 saturated heterocycles. The molecule has 6 heteroatoms. The van der Waals surface area contributed by atoms with Crippen molar-refractivity contribution in [2.45, 2.75) is 13.3 Å². The molecule has 0 aliphatic carbocycles. The number of para-hydroxylation sites is 2. The third-order valence-electron chi connectivity index (χ3n) is 2.66. The maximum absolute atomic E-state index is 11.3. The van der Waals surface area contributed by atoms with Gasteiger partial charge < -0.3 is 9.47 Å². The number of halogens is 1. The van der Waals surface area contributed by atoms with E-state index in [4.69, 9.17) is 9.47 Å². The van der Waals surface area contributed by atoms with Crippen molar-refractivity contribution in [1.82, 2.24) is 0 Å². The van der Waals surface area contributed by atoms with E-state index in [0.717, 1.165) is 10.9 Å². The lowest BCUT2D eigenvalue weighted by molar-refractivity contribution is -0.386. The van der Waals surface area contributed by atoms with E-state index >= 15 is 0 Å². The zero-order valence-electron chi connectivity index (χ0n) is 11.4. The summed E-state index contributed by atoms with van der Waals surface area (Å²) in [5.74, 6) is 0.875. The highest BCUT2D eigenvalue weighted by Gasteiger charge is 2.23. The molecule has 0 heterocycles. The first-order chi connectivity index (χ1) is 10.1. The Morgan fingerprint density at radius 3 is 2.43 bits per heavy atom. The first kappa shape index (κ1) is 15.3. The third kappa shape index (κ3) is 3.72. The Morgan fingerprint density at radius 2 is 1.76 bits per heavy atom. The Labute approximate surface area is 130 Å². The first-order valence-electron chi connectivity index (χ1n) is 6.46. The highest BCUT2D eigenvalue weighted by Crippen LogP contribution is 2.40. The molecule has 0 amide bonds. The van der Waals surface area contributed by atoms with Crippen molar-refractivity contribution in [2.75, 3.05) is 6.61 Å². The van der Waals surface area contributed by atoms with Crippen LogP contribution in [0.2, 0.25) is 0 Å². The van der Waals surface area contributed by atoms with Gasteiger partial charge in [0.1, 0.15) is 5.75 Å². The summed E-state index contributed by atoms with van der Waals surface area (Å²) in [5.41, 5.74) is -0.165. The van der Waals surface area contributed by atoms with E-state index in [9.17, 15) is 10.1 Å². The topological polar surface area (TPSA) is 61.6 Å². The summed E-state index contributed by atoms with van der Waals surface area (Å²) in [6, 6.07) is 12.0. The number of ether oxygens (including phenoxy) is 2. The van der Waals surface area contributed by atoms with Gasteiger partial charge in [0.25, 0.3) is 0 Å². The standard InChI is InChI=1S/C15H14BrNO4/c1-2-10-20-13-8-5-9-14(15(13)17(18)19)21-12-7-4-3-6-11(12)16/h3-9H,2,10H2,1H3. The molecule has 0 aliphatic rings. The second-order valence-corrected chi connectivity index (χ2v) is 5.10. The molecule has 0 unspecified atom stereocenters. The first-order valence-corrected chi connectivity index (χ1v) is 7.25. The lowest BCUT2D eigenvalue weighted by atomic mass is 10.2. The van der Waals surface area contributed by atoms with Crippen molar-refractivity contribution in [3.63, 3.8) is 0 Å². The average molecular weight is 352 g/mol. The van der Waals surface area contributed by atoms with Crippen LogP contribution in [0, 0.1) is 10.1 Å². The molecule has 0 N–H and O–H groups in total. The van der Waals surface area contributed by atoms with Crippen LogP contribution < -0.4 is 9.47 Å². The molecule has 110 valence electrons. The highest BCUT2D eigenvalue weighted by atomic mass is 79.9. The summed E-state index contributed by atoms with van der Waals surface area (Å²) in [6.07, 6.45) is 0.770. The summed E-state index contributed by atoms with van der Waals surface area (Å²) in [4.78, 5) is 10.8. The van der Waals surface area contributed by atoms with E-state index in [1.807, 2.05) is 13.0 Å². The SMILES string of the molecule is CCCOc1cccc(Oc2ccccc2Br)c1[N+](=O)[O-]. The van der Waals surface area contributed by atoms with E-state index in [1.165, 1.54) is 0 Å². The molecule has 0 aliphatic heterocycles. The van der Waals surface area contributed by atoms with Crippen LogP contribution in [-0.2, 0) is 0 Å². The Bertz CT molecular complexity index is 645. The van der Waals surface area contributed by atoms with Crippen LogP contribution in [-0.4, -0.2) is 11.5 Å². The van der Waals surface area contributed by atoms with Gasteiger partial charge in [0, 0.05) is 0 Å². The number of hydrogen-bond donors (Lipinski definition) is 0. The van der Waals surface area contributed by atoms with Gasteiger partial charge in [0.2, 0.25) is 11.5 Å². The van der Waals surface area contributed by atoms with Gasteiger partial charge in [-0.2, -0.15) is 0 Å². The number of rotatable bonds is 6. The molecule has 0 radical (unpaired) electrons. The Balaban J connectivity index is 2.39. The summed E-state index contributed by atoms with van der Waals surface area (Å²) >= 11 is 3.35. The summed E-state index contributed by atoms with van der Waals surface area (Å²) in [5, 5.41) is 11.3. The summed E-state index contributed by atoms with van der Waals surface area (Å²) in [6.45, 7) is 2.35. The summed E-state index contributed by atoms with van der Waals surface area (Å²) < 4.78 is 11.8. The maximum Gasteiger partial charge on any atom is 0.352 e. The molecule has 0 bridgehead atoms. The minimum atomic E-state index is -0.489. The van der Waals surface area contributed by atoms with Crippen LogP contribution in [0.3, 0.4) is 0 Å². The Morgan fingerprint density at radius 1 is 1.10 bits per heavy atom. The Hall–Kier alpha value is -2.08. The molecular formula is C15H14BrNO4. The molecule has 2 aromatic carbocycles. The lowest BCUT2D eigenvalue weighted by Gasteiger charge is -2.11. The Kier molecular flexibility index (Phi) is 5.16. The normalized spacial score (nSPS) is 10.2. The fourth-order valence-corrected chi connectivity index (χ4v) is 2.10. The van der Waals surface area contributed by atoms with Gasteiger partial charge in [0.05, 0.1) is 16.0 Å². The second kappa shape index (κ2) is 7.08. The van der Waals surface area contributed by atoms with Crippen LogP contribution in [0.4, 0.5) is 5.69 Å². The number of nitro groups is 1. The van der Waals surface area contributed by atoms with Crippen LogP contribution in [0.1, 0.15) is 13.3 Å². The van der Waals surface area contributed by atoms with Crippen LogP contribution >= 0.6 is 15.9 Å². The molecule has 2 aromatic rings. The third-order valence-corrected chi connectivity index (χ3v) is 3.32. The minimum absolute atomic E-state index is 0.153. The monoisotopic (exact) mass is 351 g/mol. The quantitative estimate of drug-likeness (QED) is 0.546. The largest absolute Gasteiger partial charge is 0.487 e. The average Bonchev–Trinajstić information content (AvgIpc) is 2.47. The van der Waals surface area contributed by atoms with E-state index < -0.39 is 4.92 Å². The van der Waals surface area contributed by atoms with Gasteiger partial charge in [-0.05, 0) is 46.6 Å². The number of benzene rings is 2. The zero-order valence-corrected chi connectivity index (χ0v) is 13.0. The van der Waals surface area contributed by atoms with E-state index in [2.05, 4.69) is 15.9 Å². The molecule has 0 fully saturated rings. The van der Waals surface area contributed by atoms with Gasteiger partial charge in [-0.15, -0.1) is 0 Å². The van der Waals surface area contributed by atoms with Crippen molar-refractivity contribution in [3.8, 4) is 17.2 Å². The highest BCUT2D eigenvalue weighted by molar-refractivity contribution is 9.10. The molecule has 2 rings (SSSR count). The predicted octanol–water partition coefficient (Wildman–Crippen LogP) is 4.94. The van der Waals surface area contributed by atoms with E-state index in [0.29, 0.717) is 12.4 Å². The second-order valence-electron chi connectivity index (χ2n) is 4.24. The zero-order chi connectivity index (χ0) is 15.2. The molecule has 0 spiro atoms. The van der Waals surface area contributed by atoms with Gasteiger partial charge >= 0.3 is 5.69 Å². The molecule has 0 aromatic heterocycles. The van der Waals surface area contributed by atoms with Gasteiger partial charge in [-0.3, -0.25) is 10.1 Å². The summed E-state index contributed by atoms with van der Waals surface area (Å²) in [7, 11) is 0. The van der Waals surface area contributed by atoms with Crippen molar-refractivity contribution >= 4 is 21.6 Å². The fraction of sp³-hybridized carbons (Fsp3) is 0.200. The molecule has 0 saturated carbocycles. The van der Waals surface area contributed by atoms with E-state index in [-0.39, 0.29) is 17.2 Å². The fourth-order valence-electron chi connectivity index (χ4n) is 1.74. The van der Waals surface area contributed by atoms with Crippen LogP contribution in [0.5, 0.6) is 17.2 Å².